The minimum atomic E-state index is -0.800. The maximum Gasteiger partial charge on any atom is 0.343 e. The van der Waals surface area contributed by atoms with Crippen LogP contribution in [0.2, 0.25) is 0 Å². The molecule has 222 valence electrons. The summed E-state index contributed by atoms with van der Waals surface area (Å²) in [5, 5.41) is 0. The maximum atomic E-state index is 14.0. The van der Waals surface area contributed by atoms with Gasteiger partial charge in [-0.2, -0.15) is 0 Å². The van der Waals surface area contributed by atoms with Crippen molar-refractivity contribution in [3.8, 4) is 17.2 Å². The van der Waals surface area contributed by atoms with Gasteiger partial charge in [-0.15, -0.1) is 0 Å². The number of fused-ring (bicyclic) bond motifs is 1. The molecule has 0 amide bonds. The van der Waals surface area contributed by atoms with E-state index in [1.165, 1.54) is 23.0 Å². The fourth-order valence-corrected chi connectivity index (χ4v) is 5.55. The Balaban J connectivity index is 1.87. The minimum absolute atomic E-state index is 0.128. The predicted octanol–water partition coefficient (Wildman–Crippen LogP) is 3.54. The molecule has 42 heavy (non-hydrogen) atoms. The van der Waals surface area contributed by atoms with Crippen molar-refractivity contribution in [2.75, 3.05) is 26.9 Å². The van der Waals surface area contributed by atoms with E-state index in [9.17, 15) is 14.4 Å². The minimum Gasteiger partial charge on any atom is -0.491 e. The van der Waals surface area contributed by atoms with E-state index in [0.29, 0.717) is 50.0 Å². The number of para-hydroxylation sites is 1. The first-order valence-electron chi connectivity index (χ1n) is 13.6. The molecule has 4 rings (SSSR count). The van der Waals surface area contributed by atoms with Crippen LogP contribution in [0.1, 0.15) is 51.8 Å². The number of thiazole rings is 1. The quantitative estimate of drug-likeness (QED) is 0.310. The van der Waals surface area contributed by atoms with Crippen molar-refractivity contribution in [1.82, 2.24) is 4.57 Å². The van der Waals surface area contributed by atoms with Crippen molar-refractivity contribution in [3.63, 3.8) is 0 Å². The zero-order valence-electron chi connectivity index (χ0n) is 24.5. The molecule has 0 aliphatic carbocycles. The zero-order valence-corrected chi connectivity index (χ0v) is 25.3. The van der Waals surface area contributed by atoms with Crippen LogP contribution in [-0.4, -0.2) is 49.5 Å². The second kappa shape index (κ2) is 13.5. The SMILES string of the molecule is CCOC(=O)C1=C(C)N=c2sc(=Cc3ccc(OCC(=O)OC)c(OCC)c3)c(=O)n2C1c1ccccc1OC(C)C. The van der Waals surface area contributed by atoms with Gasteiger partial charge in [0, 0.05) is 5.56 Å². The third kappa shape index (κ3) is 6.57. The highest BCUT2D eigenvalue weighted by Gasteiger charge is 2.35. The van der Waals surface area contributed by atoms with Gasteiger partial charge in [0.2, 0.25) is 0 Å². The van der Waals surface area contributed by atoms with Gasteiger partial charge in [0.05, 0.1) is 42.2 Å². The lowest BCUT2D eigenvalue weighted by atomic mass is 9.95. The van der Waals surface area contributed by atoms with Crippen LogP contribution >= 0.6 is 11.3 Å². The number of carbonyl (C=O) groups is 2. The molecule has 10 nitrogen and oxygen atoms in total. The van der Waals surface area contributed by atoms with Crippen LogP contribution in [0.5, 0.6) is 17.2 Å². The number of methoxy groups -OCH3 is 1. The third-order valence-corrected chi connectivity index (χ3v) is 7.21. The highest BCUT2D eigenvalue weighted by Crippen LogP contribution is 2.36. The number of esters is 2. The normalized spacial score (nSPS) is 14.7. The molecule has 3 aromatic rings. The summed E-state index contributed by atoms with van der Waals surface area (Å²) in [6, 6.07) is 11.7. The van der Waals surface area contributed by atoms with Crippen LogP contribution in [-0.2, 0) is 19.1 Å². The largest absolute Gasteiger partial charge is 0.491 e. The maximum absolute atomic E-state index is 14.0. The van der Waals surface area contributed by atoms with E-state index in [1.54, 1.807) is 38.1 Å². The number of ether oxygens (including phenoxy) is 5. The van der Waals surface area contributed by atoms with E-state index < -0.39 is 18.0 Å². The summed E-state index contributed by atoms with van der Waals surface area (Å²) < 4.78 is 29.3. The lowest BCUT2D eigenvalue weighted by Gasteiger charge is -2.26. The molecule has 1 aliphatic heterocycles. The molecular formula is C31H34N2O8S. The molecule has 2 aromatic carbocycles. The number of benzene rings is 2. The number of carbonyl (C=O) groups excluding carboxylic acids is 2. The second-order valence-electron chi connectivity index (χ2n) is 9.51. The first kappa shape index (κ1) is 30.6. The monoisotopic (exact) mass is 594 g/mol. The molecule has 2 heterocycles. The number of hydrogen-bond acceptors (Lipinski definition) is 10. The lowest BCUT2D eigenvalue weighted by Crippen LogP contribution is -2.40. The Hall–Kier alpha value is -4.38. The first-order chi connectivity index (χ1) is 20.2. The molecule has 11 heteroatoms. The number of allylic oxidation sites excluding steroid dienone is 1. The standard InChI is InChI=1S/C31H34N2O8S/c1-7-38-24-15-20(13-14-23(24)40-17-26(34)37-6)16-25-29(35)33-28(21-11-9-10-12-22(21)41-18(3)4)27(30(36)39-8-2)19(5)32-31(33)42-25/h9-16,18,28H,7-8,17H2,1-6H3. The molecule has 1 unspecified atom stereocenters. The highest BCUT2D eigenvalue weighted by molar-refractivity contribution is 7.07. The van der Waals surface area contributed by atoms with E-state index >= 15 is 0 Å². The molecular weight excluding hydrogens is 560 g/mol. The van der Waals surface area contributed by atoms with Gasteiger partial charge in [-0.05, 0) is 64.5 Å². The van der Waals surface area contributed by atoms with Gasteiger partial charge in [0.25, 0.3) is 5.56 Å². The Bertz CT molecular complexity index is 1690. The average molecular weight is 595 g/mol. The third-order valence-electron chi connectivity index (χ3n) is 6.23. The molecule has 1 aromatic heterocycles. The zero-order chi connectivity index (χ0) is 30.4. The van der Waals surface area contributed by atoms with E-state index in [0.717, 1.165) is 0 Å². The molecule has 0 saturated carbocycles. The molecule has 0 fully saturated rings. The lowest BCUT2D eigenvalue weighted by molar-refractivity contribution is -0.143. The summed E-state index contributed by atoms with van der Waals surface area (Å²) in [6.07, 6.45) is 1.60. The molecule has 0 N–H and O–H groups in total. The van der Waals surface area contributed by atoms with Crippen molar-refractivity contribution in [3.05, 3.63) is 84.5 Å². The van der Waals surface area contributed by atoms with Gasteiger partial charge in [0.15, 0.2) is 22.9 Å². The van der Waals surface area contributed by atoms with Crippen LogP contribution in [0.3, 0.4) is 0 Å². The molecule has 1 atom stereocenters. The van der Waals surface area contributed by atoms with Gasteiger partial charge in [-0.3, -0.25) is 9.36 Å². The predicted molar refractivity (Wildman–Crippen MR) is 158 cm³/mol. The molecule has 0 spiro atoms. The molecule has 0 bridgehead atoms. The van der Waals surface area contributed by atoms with Gasteiger partial charge in [-0.25, -0.2) is 14.6 Å². The van der Waals surface area contributed by atoms with Crippen LogP contribution < -0.4 is 29.1 Å². The van der Waals surface area contributed by atoms with Crippen molar-refractivity contribution >= 4 is 29.4 Å². The van der Waals surface area contributed by atoms with Crippen molar-refractivity contribution in [1.29, 1.82) is 0 Å². The molecule has 1 aliphatic rings. The van der Waals surface area contributed by atoms with Crippen molar-refractivity contribution < 1.29 is 33.3 Å². The molecule has 0 radical (unpaired) electrons. The fourth-order valence-electron chi connectivity index (χ4n) is 4.50. The Morgan fingerprint density at radius 3 is 2.50 bits per heavy atom. The summed E-state index contributed by atoms with van der Waals surface area (Å²) in [6.45, 7) is 9.42. The van der Waals surface area contributed by atoms with E-state index in [1.807, 2.05) is 45.0 Å². The smallest absolute Gasteiger partial charge is 0.343 e. The van der Waals surface area contributed by atoms with Gasteiger partial charge >= 0.3 is 11.9 Å². The first-order valence-corrected chi connectivity index (χ1v) is 14.4. The van der Waals surface area contributed by atoms with Crippen LogP contribution in [0.25, 0.3) is 6.08 Å². The highest BCUT2D eigenvalue weighted by atomic mass is 32.1. The number of nitrogens with zero attached hydrogens (tertiary/aromatic N) is 2. The van der Waals surface area contributed by atoms with Gasteiger partial charge < -0.3 is 23.7 Å². The van der Waals surface area contributed by atoms with E-state index in [4.69, 9.17) is 18.9 Å². The average Bonchev–Trinajstić information content (AvgIpc) is 3.25. The van der Waals surface area contributed by atoms with Crippen LogP contribution in [0.15, 0.2) is 63.5 Å². The summed E-state index contributed by atoms with van der Waals surface area (Å²) >= 11 is 1.21. The van der Waals surface area contributed by atoms with E-state index in [-0.39, 0.29) is 30.5 Å². The summed E-state index contributed by atoms with van der Waals surface area (Å²) in [5.74, 6) is 0.294. The van der Waals surface area contributed by atoms with Crippen molar-refractivity contribution in [2.24, 2.45) is 4.99 Å². The number of rotatable bonds is 11. The molecule has 0 saturated heterocycles. The Morgan fingerprint density at radius 1 is 1.05 bits per heavy atom. The Kier molecular flexibility index (Phi) is 9.84. The fraction of sp³-hybridized carbons (Fsp3) is 0.355. The summed E-state index contributed by atoms with van der Waals surface area (Å²) in [4.78, 5) is 43.9. The van der Waals surface area contributed by atoms with Crippen molar-refractivity contribution in [2.45, 2.75) is 46.8 Å². The summed E-state index contributed by atoms with van der Waals surface area (Å²) in [7, 11) is 1.28. The summed E-state index contributed by atoms with van der Waals surface area (Å²) in [5.41, 5.74) is 1.76. The van der Waals surface area contributed by atoms with Crippen LogP contribution in [0.4, 0.5) is 0 Å². The van der Waals surface area contributed by atoms with Gasteiger partial charge in [-0.1, -0.05) is 35.6 Å². The number of hydrogen-bond donors (Lipinski definition) is 0. The topological polar surface area (TPSA) is 115 Å². The number of aromatic nitrogens is 1. The Morgan fingerprint density at radius 2 is 1.81 bits per heavy atom. The second-order valence-corrected chi connectivity index (χ2v) is 10.5. The Labute approximate surface area is 247 Å². The van der Waals surface area contributed by atoms with Crippen LogP contribution in [0, 0.1) is 0 Å². The van der Waals surface area contributed by atoms with E-state index in [2.05, 4.69) is 9.73 Å². The van der Waals surface area contributed by atoms with Gasteiger partial charge in [0.1, 0.15) is 11.8 Å².